The zero-order valence-electron chi connectivity index (χ0n) is 15.5. The molecule has 0 bridgehead atoms. The summed E-state index contributed by atoms with van der Waals surface area (Å²) in [5.74, 6) is 2.56. The van der Waals surface area contributed by atoms with Crippen molar-refractivity contribution in [2.45, 2.75) is 70.9 Å². The van der Waals surface area contributed by atoms with Crippen LogP contribution in [0.2, 0.25) is 0 Å². The molecule has 1 saturated heterocycles. The van der Waals surface area contributed by atoms with E-state index in [-0.39, 0.29) is 11.3 Å². The molecule has 3 rings (SSSR count). The minimum atomic E-state index is 0.233. The van der Waals surface area contributed by atoms with Crippen molar-refractivity contribution in [2.24, 2.45) is 11.8 Å². The summed E-state index contributed by atoms with van der Waals surface area (Å²) < 4.78 is 5.78. The molecule has 1 saturated carbocycles. The quantitative estimate of drug-likeness (QED) is 0.784. The number of piperidine rings is 1. The fourth-order valence-electron chi connectivity index (χ4n) is 5.16. The van der Waals surface area contributed by atoms with Gasteiger partial charge in [0, 0.05) is 18.1 Å². The van der Waals surface area contributed by atoms with E-state index >= 15 is 0 Å². The van der Waals surface area contributed by atoms with Crippen LogP contribution in [0.1, 0.15) is 59.3 Å². The standard InChI is InChI=1S/C21H33NO2/c1-16-15-21(2,3)22(18-10-5-4-9-17(16)18)13-8-14-24-20-12-7-6-11-19(20)23/h6-7,11-12,16-18,23H,4-5,8-10,13-15H2,1-3H3. The predicted molar refractivity (Wildman–Crippen MR) is 98.5 cm³/mol. The fourth-order valence-corrected chi connectivity index (χ4v) is 5.16. The molecule has 0 amide bonds. The molecule has 3 unspecified atom stereocenters. The summed E-state index contributed by atoms with van der Waals surface area (Å²) in [6.45, 7) is 9.05. The zero-order chi connectivity index (χ0) is 17.2. The molecule has 0 radical (unpaired) electrons. The number of hydrogen-bond acceptors (Lipinski definition) is 3. The summed E-state index contributed by atoms with van der Waals surface area (Å²) >= 11 is 0. The second kappa shape index (κ2) is 7.35. The third-order valence-corrected chi connectivity index (χ3v) is 6.18. The van der Waals surface area contributed by atoms with E-state index in [4.69, 9.17) is 4.74 Å². The van der Waals surface area contributed by atoms with Crippen molar-refractivity contribution in [2.75, 3.05) is 13.2 Å². The lowest BCUT2D eigenvalue weighted by atomic mass is 9.67. The molecule has 3 heteroatoms. The average molecular weight is 332 g/mol. The number of fused-ring (bicyclic) bond motifs is 1. The van der Waals surface area contributed by atoms with Crippen LogP contribution in [-0.4, -0.2) is 34.7 Å². The van der Waals surface area contributed by atoms with Crippen molar-refractivity contribution in [3.63, 3.8) is 0 Å². The van der Waals surface area contributed by atoms with Gasteiger partial charge in [-0.1, -0.05) is 31.9 Å². The first-order valence-corrected chi connectivity index (χ1v) is 9.66. The van der Waals surface area contributed by atoms with Crippen molar-refractivity contribution in [3.8, 4) is 11.5 Å². The summed E-state index contributed by atoms with van der Waals surface area (Å²) in [4.78, 5) is 2.77. The molecule has 1 aliphatic heterocycles. The molecule has 3 nitrogen and oxygen atoms in total. The van der Waals surface area contributed by atoms with Crippen LogP contribution in [0, 0.1) is 11.8 Å². The predicted octanol–water partition coefficient (Wildman–Crippen LogP) is 4.84. The van der Waals surface area contributed by atoms with E-state index < -0.39 is 0 Å². The molecule has 1 aromatic rings. The number of ether oxygens (including phenoxy) is 1. The van der Waals surface area contributed by atoms with Crippen LogP contribution in [0.3, 0.4) is 0 Å². The van der Waals surface area contributed by atoms with Gasteiger partial charge in [0.15, 0.2) is 11.5 Å². The lowest BCUT2D eigenvalue weighted by Gasteiger charge is -2.56. The van der Waals surface area contributed by atoms with Crippen molar-refractivity contribution >= 4 is 0 Å². The summed E-state index contributed by atoms with van der Waals surface area (Å²) in [5, 5.41) is 9.79. The molecule has 0 aromatic heterocycles. The number of rotatable bonds is 5. The normalized spacial score (nSPS) is 29.9. The van der Waals surface area contributed by atoms with Gasteiger partial charge in [0.05, 0.1) is 6.61 Å². The number of hydrogen-bond donors (Lipinski definition) is 1. The Balaban J connectivity index is 1.57. The Hall–Kier alpha value is -1.22. The van der Waals surface area contributed by atoms with Gasteiger partial charge in [-0.25, -0.2) is 0 Å². The molecule has 1 aliphatic carbocycles. The van der Waals surface area contributed by atoms with Crippen molar-refractivity contribution < 1.29 is 9.84 Å². The Morgan fingerprint density at radius 3 is 2.75 bits per heavy atom. The summed E-state index contributed by atoms with van der Waals surface area (Å²) in [7, 11) is 0. The van der Waals surface area contributed by atoms with Gasteiger partial charge >= 0.3 is 0 Å². The highest BCUT2D eigenvalue weighted by atomic mass is 16.5. The maximum atomic E-state index is 9.79. The van der Waals surface area contributed by atoms with Crippen LogP contribution in [0.15, 0.2) is 24.3 Å². The van der Waals surface area contributed by atoms with E-state index in [9.17, 15) is 5.11 Å². The van der Waals surface area contributed by atoms with Gasteiger partial charge in [0.25, 0.3) is 0 Å². The maximum absolute atomic E-state index is 9.79. The summed E-state index contributed by atoms with van der Waals surface area (Å²) in [6, 6.07) is 7.98. The Labute approximate surface area is 147 Å². The molecule has 2 aliphatic rings. The van der Waals surface area contributed by atoms with Crippen molar-refractivity contribution in [1.82, 2.24) is 4.90 Å². The van der Waals surface area contributed by atoms with E-state index in [0.717, 1.165) is 30.8 Å². The smallest absolute Gasteiger partial charge is 0.160 e. The summed E-state index contributed by atoms with van der Waals surface area (Å²) in [5.41, 5.74) is 0.285. The molecule has 1 heterocycles. The number of phenolic OH excluding ortho intramolecular Hbond substituents is 1. The summed E-state index contributed by atoms with van der Waals surface area (Å²) in [6.07, 6.45) is 7.88. The number of para-hydroxylation sites is 2. The van der Waals surface area contributed by atoms with Gasteiger partial charge in [0.1, 0.15) is 0 Å². The Bertz CT molecular complexity index is 542. The van der Waals surface area contributed by atoms with Crippen LogP contribution < -0.4 is 4.74 Å². The fraction of sp³-hybridized carbons (Fsp3) is 0.714. The van der Waals surface area contributed by atoms with E-state index in [0.29, 0.717) is 12.4 Å². The van der Waals surface area contributed by atoms with E-state index in [1.54, 1.807) is 6.07 Å². The largest absolute Gasteiger partial charge is 0.504 e. The van der Waals surface area contributed by atoms with Gasteiger partial charge in [-0.3, -0.25) is 4.90 Å². The molecular weight excluding hydrogens is 298 g/mol. The van der Waals surface area contributed by atoms with Gasteiger partial charge in [0.2, 0.25) is 0 Å². The van der Waals surface area contributed by atoms with E-state index in [1.165, 1.54) is 32.1 Å². The number of nitrogens with zero attached hydrogens (tertiary/aromatic N) is 1. The van der Waals surface area contributed by atoms with Crippen molar-refractivity contribution in [1.29, 1.82) is 0 Å². The molecule has 1 N–H and O–H groups in total. The number of aromatic hydroxyl groups is 1. The van der Waals surface area contributed by atoms with Gasteiger partial charge in [-0.05, 0) is 63.5 Å². The Kier molecular flexibility index (Phi) is 5.39. The highest BCUT2D eigenvalue weighted by Gasteiger charge is 2.45. The van der Waals surface area contributed by atoms with Crippen LogP contribution in [0.4, 0.5) is 0 Å². The minimum absolute atomic E-state index is 0.233. The SMILES string of the molecule is CC1CC(C)(C)N(CCCOc2ccccc2O)C2CCCCC12. The van der Waals surface area contributed by atoms with Gasteiger partial charge < -0.3 is 9.84 Å². The zero-order valence-corrected chi connectivity index (χ0v) is 15.5. The molecule has 3 atom stereocenters. The first-order valence-electron chi connectivity index (χ1n) is 9.66. The van der Waals surface area contributed by atoms with Gasteiger partial charge in [-0.2, -0.15) is 0 Å². The molecule has 1 aromatic carbocycles. The Morgan fingerprint density at radius 1 is 1.21 bits per heavy atom. The highest BCUT2D eigenvalue weighted by molar-refractivity contribution is 5.37. The van der Waals surface area contributed by atoms with Crippen molar-refractivity contribution in [3.05, 3.63) is 24.3 Å². The number of benzene rings is 1. The maximum Gasteiger partial charge on any atom is 0.160 e. The topological polar surface area (TPSA) is 32.7 Å². The molecule has 2 fully saturated rings. The molecule has 24 heavy (non-hydrogen) atoms. The first kappa shape index (κ1) is 17.6. The second-order valence-corrected chi connectivity index (χ2v) is 8.37. The first-order chi connectivity index (χ1) is 11.5. The third-order valence-electron chi connectivity index (χ3n) is 6.18. The molecular formula is C21H33NO2. The van der Waals surface area contributed by atoms with Crippen LogP contribution in [0.5, 0.6) is 11.5 Å². The van der Waals surface area contributed by atoms with Crippen LogP contribution in [-0.2, 0) is 0 Å². The number of phenols is 1. The van der Waals surface area contributed by atoms with E-state index in [2.05, 4.69) is 25.7 Å². The highest BCUT2D eigenvalue weighted by Crippen LogP contribution is 2.45. The average Bonchev–Trinajstić information content (AvgIpc) is 2.55. The monoisotopic (exact) mass is 331 g/mol. The van der Waals surface area contributed by atoms with Gasteiger partial charge in [-0.15, -0.1) is 0 Å². The second-order valence-electron chi connectivity index (χ2n) is 8.37. The lowest BCUT2D eigenvalue weighted by Crippen LogP contribution is -2.60. The van der Waals surface area contributed by atoms with Crippen LogP contribution in [0.25, 0.3) is 0 Å². The molecule has 0 spiro atoms. The molecule has 134 valence electrons. The van der Waals surface area contributed by atoms with Crippen LogP contribution >= 0.6 is 0 Å². The lowest BCUT2D eigenvalue weighted by molar-refractivity contribution is -0.0599. The van der Waals surface area contributed by atoms with E-state index in [1.807, 2.05) is 18.2 Å². The number of likely N-dealkylation sites (tertiary alicyclic amines) is 1. The third kappa shape index (κ3) is 3.72. The minimum Gasteiger partial charge on any atom is -0.504 e. The Morgan fingerprint density at radius 2 is 1.96 bits per heavy atom.